The monoisotopic (exact) mass is 428 g/mol. The lowest BCUT2D eigenvalue weighted by atomic mass is 10.1. The summed E-state index contributed by atoms with van der Waals surface area (Å²) in [5.41, 5.74) is 4.63. The molecule has 1 N–H and O–H groups in total. The summed E-state index contributed by atoms with van der Waals surface area (Å²) in [4.78, 5) is 15.4. The topological polar surface area (TPSA) is 45.5 Å². The Morgan fingerprint density at radius 1 is 1.06 bits per heavy atom. The van der Waals surface area contributed by atoms with Crippen LogP contribution in [-0.4, -0.2) is 34.7 Å². The quantitative estimate of drug-likeness (QED) is 0.332. The summed E-state index contributed by atoms with van der Waals surface area (Å²) < 4.78 is 2.09. The number of fused-ring (bicyclic) bond motifs is 2. The number of ketones is 1. The van der Waals surface area contributed by atoms with Crippen LogP contribution in [0.3, 0.4) is 0 Å². The van der Waals surface area contributed by atoms with Crippen molar-refractivity contribution in [2.24, 2.45) is 0 Å². The van der Waals surface area contributed by atoms with Crippen molar-refractivity contribution < 1.29 is 9.90 Å². The van der Waals surface area contributed by atoms with Crippen molar-refractivity contribution in [3.63, 3.8) is 0 Å². The average molecular weight is 429 g/mol. The van der Waals surface area contributed by atoms with Gasteiger partial charge in [-0.3, -0.25) is 4.79 Å². The van der Waals surface area contributed by atoms with Gasteiger partial charge in [0.05, 0.1) is 17.5 Å². The number of benzene rings is 2. The van der Waals surface area contributed by atoms with Gasteiger partial charge in [0, 0.05) is 41.4 Å². The van der Waals surface area contributed by atoms with Gasteiger partial charge >= 0.3 is 0 Å². The molecule has 4 nitrogen and oxygen atoms in total. The molecule has 1 unspecified atom stereocenters. The molecule has 0 fully saturated rings. The molecule has 1 aliphatic heterocycles. The Kier molecular flexibility index (Phi) is 5.45. The second kappa shape index (κ2) is 8.53. The van der Waals surface area contributed by atoms with Crippen LogP contribution < -0.4 is 4.90 Å². The molecule has 0 saturated carbocycles. The largest absolute Gasteiger partial charge is 0.389 e. The van der Waals surface area contributed by atoms with Crippen molar-refractivity contribution in [1.82, 2.24) is 4.57 Å². The van der Waals surface area contributed by atoms with E-state index in [1.165, 1.54) is 22.6 Å². The van der Waals surface area contributed by atoms with Crippen LogP contribution in [0.1, 0.15) is 20.8 Å². The Hall–Kier alpha value is -3.15. The number of allylic oxidation sites excluding steroid dienone is 1. The SMILES string of the molecule is O=C(/C=C/c1cn(CC(O)CN2CCc3ccccc32)c2ccccc12)c1cccs1. The molecular weight excluding hydrogens is 404 g/mol. The molecule has 1 aliphatic rings. The molecule has 0 aliphatic carbocycles. The maximum Gasteiger partial charge on any atom is 0.195 e. The second-order valence-electron chi connectivity index (χ2n) is 7.91. The van der Waals surface area contributed by atoms with Gasteiger partial charge in [-0.1, -0.05) is 42.5 Å². The number of carbonyl (C=O) groups is 1. The van der Waals surface area contributed by atoms with Crippen molar-refractivity contribution >= 4 is 39.8 Å². The van der Waals surface area contributed by atoms with Crippen LogP contribution in [0.4, 0.5) is 5.69 Å². The first kappa shape index (κ1) is 19.8. The fraction of sp³-hybridized carbons (Fsp3) is 0.192. The number of aromatic nitrogens is 1. The van der Waals surface area contributed by atoms with Crippen LogP contribution in [0, 0.1) is 0 Å². The minimum Gasteiger partial charge on any atom is -0.389 e. The normalized spacial score (nSPS) is 14.4. The molecular formula is C26H24N2O2S. The van der Waals surface area contributed by atoms with Crippen molar-refractivity contribution in [2.75, 3.05) is 18.0 Å². The summed E-state index contributed by atoms with van der Waals surface area (Å²) in [5, 5.41) is 13.9. The van der Waals surface area contributed by atoms with E-state index in [0.717, 1.165) is 34.3 Å². The first-order valence-electron chi connectivity index (χ1n) is 10.5. The number of hydrogen-bond acceptors (Lipinski definition) is 4. The Balaban J connectivity index is 1.35. The zero-order chi connectivity index (χ0) is 21.2. The van der Waals surface area contributed by atoms with E-state index in [9.17, 15) is 9.90 Å². The number of aliphatic hydroxyl groups is 1. The van der Waals surface area contributed by atoms with Gasteiger partial charge in [0.1, 0.15) is 0 Å². The van der Waals surface area contributed by atoms with E-state index < -0.39 is 6.10 Å². The highest BCUT2D eigenvalue weighted by atomic mass is 32.1. The average Bonchev–Trinajstić information content (AvgIpc) is 3.53. The molecule has 5 heteroatoms. The molecule has 2 aromatic carbocycles. The van der Waals surface area contributed by atoms with Crippen LogP contribution in [0.15, 0.2) is 78.3 Å². The van der Waals surface area contributed by atoms with Crippen molar-refractivity contribution in [2.45, 2.75) is 19.1 Å². The Morgan fingerprint density at radius 3 is 2.77 bits per heavy atom. The Labute approximate surface area is 185 Å². The number of rotatable bonds is 7. The lowest BCUT2D eigenvalue weighted by molar-refractivity contribution is 0.105. The summed E-state index contributed by atoms with van der Waals surface area (Å²) in [6.45, 7) is 2.05. The van der Waals surface area contributed by atoms with Gasteiger partial charge in [0.25, 0.3) is 0 Å². The summed E-state index contributed by atoms with van der Waals surface area (Å²) in [7, 11) is 0. The first-order chi connectivity index (χ1) is 15.2. The molecule has 0 bridgehead atoms. The predicted octanol–water partition coefficient (Wildman–Crippen LogP) is 5.02. The number of β-amino-alcohol motifs (C(OH)–C–C–N with tert-alkyl or cyclic N) is 1. The van der Waals surface area contributed by atoms with Gasteiger partial charge in [-0.25, -0.2) is 0 Å². The number of carbonyl (C=O) groups excluding carboxylic acids is 1. The Bertz CT molecular complexity index is 1240. The van der Waals surface area contributed by atoms with Crippen LogP contribution in [0.25, 0.3) is 17.0 Å². The molecule has 1 atom stereocenters. The summed E-state index contributed by atoms with van der Waals surface area (Å²) in [6, 6.07) is 20.3. The van der Waals surface area contributed by atoms with Crippen molar-refractivity contribution in [1.29, 1.82) is 0 Å². The molecule has 0 saturated heterocycles. The number of thiophene rings is 1. The minimum absolute atomic E-state index is 0.0135. The fourth-order valence-corrected chi connectivity index (χ4v) is 5.01. The number of hydrogen-bond donors (Lipinski definition) is 1. The van der Waals surface area contributed by atoms with Gasteiger partial charge in [-0.15, -0.1) is 11.3 Å². The molecule has 0 radical (unpaired) electrons. The van der Waals surface area contributed by atoms with E-state index >= 15 is 0 Å². The van der Waals surface area contributed by atoms with Crippen molar-refractivity contribution in [3.8, 4) is 0 Å². The highest BCUT2D eigenvalue weighted by Gasteiger charge is 2.21. The van der Waals surface area contributed by atoms with Crippen molar-refractivity contribution in [3.05, 3.63) is 94.3 Å². The maximum atomic E-state index is 12.4. The van der Waals surface area contributed by atoms with Crippen LogP contribution >= 0.6 is 11.3 Å². The minimum atomic E-state index is -0.494. The first-order valence-corrected chi connectivity index (χ1v) is 11.4. The van der Waals surface area contributed by atoms with E-state index in [4.69, 9.17) is 0 Å². The van der Waals surface area contributed by atoms with Crippen LogP contribution in [0.2, 0.25) is 0 Å². The zero-order valence-electron chi connectivity index (χ0n) is 17.1. The van der Waals surface area contributed by atoms with Gasteiger partial charge in [0.2, 0.25) is 0 Å². The summed E-state index contributed by atoms with van der Waals surface area (Å²) in [6.07, 6.45) is 6.08. The van der Waals surface area contributed by atoms with E-state index in [-0.39, 0.29) is 5.78 Å². The molecule has 0 amide bonds. The lowest BCUT2D eigenvalue weighted by Gasteiger charge is -2.23. The van der Waals surface area contributed by atoms with E-state index in [1.807, 2.05) is 41.9 Å². The van der Waals surface area contributed by atoms with Gasteiger partial charge in [-0.2, -0.15) is 0 Å². The fourth-order valence-electron chi connectivity index (χ4n) is 4.36. The molecule has 5 rings (SSSR count). The number of nitrogens with zero attached hydrogens (tertiary/aromatic N) is 2. The Morgan fingerprint density at radius 2 is 1.90 bits per heavy atom. The second-order valence-corrected chi connectivity index (χ2v) is 8.86. The summed E-state index contributed by atoms with van der Waals surface area (Å²) >= 11 is 1.45. The third-order valence-corrected chi connectivity index (χ3v) is 6.70. The third-order valence-electron chi connectivity index (χ3n) is 5.82. The molecule has 156 valence electrons. The van der Waals surface area contributed by atoms with E-state index in [1.54, 1.807) is 6.08 Å². The smallest absolute Gasteiger partial charge is 0.195 e. The molecule has 0 spiro atoms. The standard InChI is InChI=1S/C26H24N2O2S/c29-21(17-27-14-13-19-6-1-3-8-23(19)27)18-28-16-20(22-7-2-4-9-24(22)28)11-12-25(30)26-10-5-15-31-26/h1-12,15-16,21,29H,13-14,17-18H2/b12-11+. The molecule has 2 aromatic heterocycles. The van der Waals surface area contributed by atoms with E-state index in [2.05, 4.69) is 45.9 Å². The van der Waals surface area contributed by atoms with Crippen LogP contribution in [-0.2, 0) is 13.0 Å². The third kappa shape index (κ3) is 4.07. The summed E-state index contributed by atoms with van der Waals surface area (Å²) in [5.74, 6) is 0.0135. The molecule has 3 heterocycles. The van der Waals surface area contributed by atoms with Gasteiger partial charge < -0.3 is 14.6 Å². The number of para-hydroxylation sites is 2. The van der Waals surface area contributed by atoms with E-state index in [0.29, 0.717) is 13.1 Å². The number of aliphatic hydroxyl groups excluding tert-OH is 1. The highest BCUT2D eigenvalue weighted by Crippen LogP contribution is 2.28. The predicted molar refractivity (Wildman–Crippen MR) is 128 cm³/mol. The van der Waals surface area contributed by atoms with Gasteiger partial charge in [-0.05, 0) is 47.7 Å². The lowest BCUT2D eigenvalue weighted by Crippen LogP contribution is -2.33. The number of anilines is 1. The van der Waals surface area contributed by atoms with Gasteiger partial charge in [0.15, 0.2) is 5.78 Å². The molecule has 4 aromatic rings. The van der Waals surface area contributed by atoms with Crippen LogP contribution in [0.5, 0.6) is 0 Å². The molecule has 31 heavy (non-hydrogen) atoms. The zero-order valence-corrected chi connectivity index (χ0v) is 18.0. The maximum absolute atomic E-state index is 12.4. The highest BCUT2D eigenvalue weighted by molar-refractivity contribution is 7.12.